The second kappa shape index (κ2) is 6.36. The maximum atomic E-state index is 11.8. The first-order chi connectivity index (χ1) is 8.72. The first-order valence-electron chi connectivity index (χ1n) is 6.43. The molecule has 0 aromatic carbocycles. The molecule has 1 amide bonds. The molecule has 1 aliphatic carbocycles. The molecule has 0 aromatic rings. The highest BCUT2D eigenvalue weighted by atomic mass is 32.2. The van der Waals surface area contributed by atoms with Gasteiger partial charge in [0.1, 0.15) is 9.84 Å². The minimum absolute atomic E-state index is 0.0996. The van der Waals surface area contributed by atoms with E-state index < -0.39 is 21.3 Å². The van der Waals surface area contributed by atoms with E-state index in [1.807, 2.05) is 0 Å². The first kappa shape index (κ1) is 15.9. The topological polar surface area (TPSA) is 101 Å². The molecule has 0 unspecified atom stereocenters. The largest absolute Gasteiger partial charge is 0.481 e. The van der Waals surface area contributed by atoms with Gasteiger partial charge in [0.15, 0.2) is 0 Å². The van der Waals surface area contributed by atoms with Crippen molar-refractivity contribution >= 4 is 21.7 Å². The molecule has 0 heterocycles. The van der Waals surface area contributed by atoms with E-state index in [0.29, 0.717) is 12.8 Å². The molecule has 0 radical (unpaired) electrons. The van der Waals surface area contributed by atoms with Crippen molar-refractivity contribution in [2.24, 2.45) is 0 Å². The minimum Gasteiger partial charge on any atom is -0.481 e. The molecular weight excluding hydrogens is 270 g/mol. The van der Waals surface area contributed by atoms with Gasteiger partial charge in [-0.05, 0) is 12.8 Å². The van der Waals surface area contributed by atoms with Crippen molar-refractivity contribution in [1.82, 2.24) is 5.32 Å². The van der Waals surface area contributed by atoms with E-state index in [1.54, 1.807) is 0 Å². The maximum absolute atomic E-state index is 11.8. The Labute approximate surface area is 113 Å². The van der Waals surface area contributed by atoms with Gasteiger partial charge in [-0.2, -0.15) is 0 Å². The van der Waals surface area contributed by atoms with Gasteiger partial charge in [-0.15, -0.1) is 0 Å². The SMILES string of the molecule is CS(=O)(=O)CCC(=O)NC1(CC(=O)O)CCCCC1. The van der Waals surface area contributed by atoms with Crippen LogP contribution in [0.25, 0.3) is 0 Å². The van der Waals surface area contributed by atoms with Gasteiger partial charge in [0, 0.05) is 12.7 Å². The van der Waals surface area contributed by atoms with Gasteiger partial charge >= 0.3 is 5.97 Å². The molecule has 1 saturated carbocycles. The number of hydrogen-bond donors (Lipinski definition) is 2. The summed E-state index contributed by atoms with van der Waals surface area (Å²) < 4.78 is 22.0. The van der Waals surface area contributed by atoms with Crippen LogP contribution in [0, 0.1) is 0 Å². The smallest absolute Gasteiger partial charge is 0.305 e. The zero-order valence-corrected chi connectivity index (χ0v) is 12.0. The van der Waals surface area contributed by atoms with E-state index in [4.69, 9.17) is 5.11 Å². The Balaban J connectivity index is 2.61. The van der Waals surface area contributed by atoms with Crippen molar-refractivity contribution < 1.29 is 23.1 Å². The summed E-state index contributed by atoms with van der Waals surface area (Å²) in [5.41, 5.74) is -0.696. The maximum Gasteiger partial charge on any atom is 0.305 e. The van der Waals surface area contributed by atoms with Crippen molar-refractivity contribution in [2.75, 3.05) is 12.0 Å². The molecule has 19 heavy (non-hydrogen) atoms. The molecule has 2 N–H and O–H groups in total. The van der Waals surface area contributed by atoms with Crippen molar-refractivity contribution in [3.63, 3.8) is 0 Å². The Kier molecular flexibility index (Phi) is 5.34. The lowest BCUT2D eigenvalue weighted by Gasteiger charge is -2.37. The number of nitrogens with one attached hydrogen (secondary N) is 1. The quantitative estimate of drug-likeness (QED) is 0.751. The lowest BCUT2D eigenvalue weighted by atomic mass is 9.79. The normalized spacial score (nSPS) is 18.8. The highest BCUT2D eigenvalue weighted by Crippen LogP contribution is 2.31. The van der Waals surface area contributed by atoms with E-state index in [0.717, 1.165) is 25.5 Å². The van der Waals surface area contributed by atoms with Crippen LogP contribution in [0.3, 0.4) is 0 Å². The van der Waals surface area contributed by atoms with Crippen molar-refractivity contribution in [3.05, 3.63) is 0 Å². The number of hydrogen-bond acceptors (Lipinski definition) is 4. The second-order valence-electron chi connectivity index (χ2n) is 5.34. The van der Waals surface area contributed by atoms with Crippen molar-refractivity contribution in [1.29, 1.82) is 0 Å². The summed E-state index contributed by atoms with van der Waals surface area (Å²) >= 11 is 0. The van der Waals surface area contributed by atoms with Gasteiger partial charge in [-0.3, -0.25) is 9.59 Å². The highest BCUT2D eigenvalue weighted by molar-refractivity contribution is 7.90. The number of aliphatic carboxylic acids is 1. The number of carbonyl (C=O) groups excluding carboxylic acids is 1. The number of sulfone groups is 1. The molecule has 0 aromatic heterocycles. The van der Waals surface area contributed by atoms with E-state index >= 15 is 0 Å². The Morgan fingerprint density at radius 1 is 1.21 bits per heavy atom. The number of carboxylic acid groups (broad SMARTS) is 1. The molecule has 1 aliphatic rings. The van der Waals surface area contributed by atoms with Crippen LogP contribution in [0.5, 0.6) is 0 Å². The number of rotatable bonds is 6. The van der Waals surface area contributed by atoms with E-state index in [2.05, 4.69) is 5.32 Å². The summed E-state index contributed by atoms with van der Waals surface area (Å²) in [4.78, 5) is 22.7. The fraction of sp³-hybridized carbons (Fsp3) is 0.833. The Bertz CT molecular complexity index is 437. The van der Waals surface area contributed by atoms with Gasteiger partial charge in [0.2, 0.25) is 5.91 Å². The predicted molar refractivity (Wildman–Crippen MR) is 70.5 cm³/mol. The van der Waals surface area contributed by atoms with Crippen LogP contribution >= 0.6 is 0 Å². The molecule has 0 bridgehead atoms. The molecule has 1 fully saturated rings. The van der Waals surface area contributed by atoms with Crippen LogP contribution in [0.4, 0.5) is 0 Å². The third kappa shape index (κ3) is 6.04. The zero-order valence-electron chi connectivity index (χ0n) is 11.1. The van der Waals surface area contributed by atoms with Gasteiger partial charge in [0.05, 0.1) is 17.7 Å². The van der Waals surface area contributed by atoms with Crippen molar-refractivity contribution in [2.45, 2.75) is 50.5 Å². The fourth-order valence-electron chi connectivity index (χ4n) is 2.50. The Hall–Kier alpha value is -1.11. The van der Waals surface area contributed by atoms with Crippen LogP contribution in [-0.4, -0.2) is 42.9 Å². The summed E-state index contributed by atoms with van der Waals surface area (Å²) in [6.07, 6.45) is 4.97. The molecular formula is C12H21NO5S. The van der Waals surface area contributed by atoms with Crippen LogP contribution in [0.15, 0.2) is 0 Å². The van der Waals surface area contributed by atoms with Gasteiger partial charge in [-0.25, -0.2) is 8.42 Å². The lowest BCUT2D eigenvalue weighted by molar-refractivity contribution is -0.139. The second-order valence-corrected chi connectivity index (χ2v) is 7.60. The number of carboxylic acids is 1. The van der Waals surface area contributed by atoms with Crippen LogP contribution < -0.4 is 5.32 Å². The third-order valence-electron chi connectivity index (χ3n) is 3.40. The van der Waals surface area contributed by atoms with E-state index in [9.17, 15) is 18.0 Å². The first-order valence-corrected chi connectivity index (χ1v) is 8.49. The molecule has 0 aliphatic heterocycles. The lowest BCUT2D eigenvalue weighted by Crippen LogP contribution is -2.51. The molecule has 110 valence electrons. The molecule has 1 rings (SSSR count). The van der Waals surface area contributed by atoms with Crippen LogP contribution in [0.2, 0.25) is 0 Å². The summed E-state index contributed by atoms with van der Waals surface area (Å²) in [5, 5.41) is 11.7. The third-order valence-corrected chi connectivity index (χ3v) is 4.35. The molecule has 0 atom stereocenters. The monoisotopic (exact) mass is 291 g/mol. The van der Waals surface area contributed by atoms with Gasteiger partial charge in [-0.1, -0.05) is 19.3 Å². The molecule has 0 saturated heterocycles. The molecule has 7 heteroatoms. The minimum atomic E-state index is -3.18. The molecule has 6 nitrogen and oxygen atoms in total. The van der Waals surface area contributed by atoms with Crippen LogP contribution in [0.1, 0.15) is 44.9 Å². The summed E-state index contributed by atoms with van der Waals surface area (Å²) in [6.45, 7) is 0. The molecule has 0 spiro atoms. The summed E-state index contributed by atoms with van der Waals surface area (Å²) in [7, 11) is -3.18. The Morgan fingerprint density at radius 3 is 2.26 bits per heavy atom. The highest BCUT2D eigenvalue weighted by Gasteiger charge is 2.35. The fourth-order valence-corrected chi connectivity index (χ4v) is 3.06. The standard InChI is InChI=1S/C12H21NO5S/c1-19(17,18)8-5-10(14)13-12(9-11(15)16)6-3-2-4-7-12/h2-9H2,1H3,(H,13,14)(H,15,16). The zero-order chi connectivity index (χ0) is 14.5. The Morgan fingerprint density at radius 2 is 1.79 bits per heavy atom. The van der Waals surface area contributed by atoms with E-state index in [-0.39, 0.29) is 24.5 Å². The predicted octanol–water partition coefficient (Wildman–Crippen LogP) is 0.715. The van der Waals surface area contributed by atoms with Gasteiger partial charge in [0.25, 0.3) is 0 Å². The summed E-state index contributed by atoms with van der Waals surface area (Å²) in [5.74, 6) is -1.53. The average molecular weight is 291 g/mol. The van der Waals surface area contributed by atoms with Gasteiger partial charge < -0.3 is 10.4 Å². The average Bonchev–Trinajstić information content (AvgIpc) is 2.25. The van der Waals surface area contributed by atoms with Crippen molar-refractivity contribution in [3.8, 4) is 0 Å². The number of carbonyl (C=O) groups is 2. The van der Waals surface area contributed by atoms with Crippen LogP contribution in [-0.2, 0) is 19.4 Å². The number of amides is 1. The van der Waals surface area contributed by atoms with E-state index in [1.165, 1.54) is 0 Å². The summed E-state index contributed by atoms with van der Waals surface area (Å²) in [6, 6.07) is 0.